The molecule has 0 aliphatic carbocycles. The molecule has 0 saturated heterocycles. The number of aromatic nitrogens is 6. The number of thioether (sulfide) groups is 1. The second-order valence-electron chi connectivity index (χ2n) is 6.50. The van der Waals surface area contributed by atoms with E-state index in [0.29, 0.717) is 24.0 Å². The average molecular weight is 356 g/mol. The number of nitrogens with zero attached hydrogens (tertiary/aromatic N) is 6. The van der Waals surface area contributed by atoms with Crippen molar-refractivity contribution in [1.29, 1.82) is 0 Å². The Hall–Kier alpha value is -2.48. The van der Waals surface area contributed by atoms with Gasteiger partial charge < -0.3 is 4.52 Å². The lowest BCUT2D eigenvalue weighted by molar-refractivity contribution is 0.319. The van der Waals surface area contributed by atoms with Crippen LogP contribution in [0.3, 0.4) is 0 Å². The van der Waals surface area contributed by atoms with Crippen molar-refractivity contribution in [1.82, 2.24) is 29.9 Å². The van der Waals surface area contributed by atoms with Gasteiger partial charge >= 0.3 is 0 Å². The maximum Gasteiger partial charge on any atom is 0.232 e. The molecule has 3 aromatic rings. The maximum absolute atomic E-state index is 5.33. The minimum Gasteiger partial charge on any atom is -0.339 e. The van der Waals surface area contributed by atoms with Crippen molar-refractivity contribution in [3.63, 3.8) is 0 Å². The highest BCUT2D eigenvalue weighted by atomic mass is 32.2. The largest absolute Gasteiger partial charge is 0.339 e. The third-order valence-electron chi connectivity index (χ3n) is 3.41. The summed E-state index contributed by atoms with van der Waals surface area (Å²) >= 11 is 1.52. The van der Waals surface area contributed by atoms with Gasteiger partial charge in [-0.3, -0.25) is 9.55 Å². The summed E-state index contributed by atoms with van der Waals surface area (Å²) < 4.78 is 7.34. The first-order valence-corrected chi connectivity index (χ1v) is 8.88. The Kier molecular flexibility index (Phi) is 4.98. The molecule has 130 valence electrons. The third-order valence-corrected chi connectivity index (χ3v) is 4.37. The molecular weight excluding hydrogens is 336 g/mol. The van der Waals surface area contributed by atoms with Crippen molar-refractivity contribution < 1.29 is 4.52 Å². The topological polar surface area (TPSA) is 82.5 Å². The van der Waals surface area contributed by atoms with Gasteiger partial charge in [-0.25, -0.2) is 0 Å². The lowest BCUT2D eigenvalue weighted by Gasteiger charge is -2.10. The lowest BCUT2D eigenvalue weighted by Crippen LogP contribution is -2.11. The highest BCUT2D eigenvalue weighted by molar-refractivity contribution is 7.98. The average Bonchev–Trinajstić information content (AvgIpc) is 3.21. The minimum atomic E-state index is -0.159. The molecule has 0 aromatic carbocycles. The van der Waals surface area contributed by atoms with E-state index in [4.69, 9.17) is 4.52 Å². The number of hydrogen-bond acceptors (Lipinski definition) is 7. The zero-order valence-corrected chi connectivity index (χ0v) is 15.3. The van der Waals surface area contributed by atoms with E-state index in [0.717, 1.165) is 16.5 Å². The summed E-state index contributed by atoms with van der Waals surface area (Å²) in [5.41, 5.74) is 0.804. The van der Waals surface area contributed by atoms with Crippen LogP contribution in [0, 0.1) is 0 Å². The molecule has 7 nitrogen and oxygen atoms in total. The molecule has 0 aliphatic rings. The molecule has 0 aliphatic heterocycles. The van der Waals surface area contributed by atoms with Gasteiger partial charge in [0.15, 0.2) is 16.8 Å². The van der Waals surface area contributed by atoms with E-state index in [-0.39, 0.29) is 5.41 Å². The van der Waals surface area contributed by atoms with Crippen LogP contribution in [0.4, 0.5) is 0 Å². The van der Waals surface area contributed by atoms with E-state index < -0.39 is 0 Å². The Bertz CT molecular complexity index is 850. The first kappa shape index (κ1) is 17.3. The van der Waals surface area contributed by atoms with Crippen molar-refractivity contribution in [3.05, 3.63) is 48.9 Å². The van der Waals surface area contributed by atoms with Crippen LogP contribution in [0.25, 0.3) is 11.4 Å². The standard InChI is InChI=1S/C17H20N6OS/c1-5-10-23-14(12-6-8-18-9-7-12)20-21-16(23)25-11-13-19-15(24-22-13)17(2,3)4/h5-9H,1,10-11H2,2-4H3. The van der Waals surface area contributed by atoms with Gasteiger partial charge in [-0.2, -0.15) is 4.98 Å². The number of hydrogen-bond donors (Lipinski definition) is 0. The predicted octanol–water partition coefficient (Wildman–Crippen LogP) is 3.50. The Morgan fingerprint density at radius 1 is 1.24 bits per heavy atom. The van der Waals surface area contributed by atoms with Gasteiger partial charge in [-0.15, -0.1) is 16.8 Å². The van der Waals surface area contributed by atoms with Crippen LogP contribution < -0.4 is 0 Å². The molecule has 3 heterocycles. The van der Waals surface area contributed by atoms with Gasteiger partial charge in [-0.05, 0) is 12.1 Å². The van der Waals surface area contributed by atoms with Gasteiger partial charge in [0.05, 0.1) is 5.75 Å². The summed E-state index contributed by atoms with van der Waals surface area (Å²) in [4.78, 5) is 8.49. The first-order valence-electron chi connectivity index (χ1n) is 7.89. The van der Waals surface area contributed by atoms with Crippen molar-refractivity contribution in [3.8, 4) is 11.4 Å². The van der Waals surface area contributed by atoms with Crippen LogP contribution in [0.5, 0.6) is 0 Å². The fraction of sp³-hybridized carbons (Fsp3) is 0.353. The van der Waals surface area contributed by atoms with Crippen LogP contribution in [0.1, 0.15) is 32.5 Å². The molecule has 0 amide bonds. The van der Waals surface area contributed by atoms with E-state index in [9.17, 15) is 0 Å². The monoisotopic (exact) mass is 356 g/mol. The van der Waals surface area contributed by atoms with E-state index in [2.05, 4.69) is 31.9 Å². The van der Waals surface area contributed by atoms with Crippen LogP contribution in [-0.2, 0) is 17.7 Å². The number of pyridine rings is 1. The van der Waals surface area contributed by atoms with E-state index in [1.165, 1.54) is 11.8 Å². The van der Waals surface area contributed by atoms with Crippen LogP contribution in [0.2, 0.25) is 0 Å². The summed E-state index contributed by atoms with van der Waals surface area (Å²) in [7, 11) is 0. The smallest absolute Gasteiger partial charge is 0.232 e. The molecule has 0 bridgehead atoms. The summed E-state index contributed by atoms with van der Waals surface area (Å²) in [5, 5.41) is 13.4. The molecule has 0 unspecified atom stereocenters. The quantitative estimate of drug-likeness (QED) is 0.494. The first-order chi connectivity index (χ1) is 12.0. The van der Waals surface area contributed by atoms with Crippen molar-refractivity contribution in [2.45, 2.75) is 43.6 Å². The molecule has 25 heavy (non-hydrogen) atoms. The molecule has 3 aromatic heterocycles. The highest BCUT2D eigenvalue weighted by Crippen LogP contribution is 2.26. The molecular formula is C17H20N6OS. The van der Waals surface area contributed by atoms with E-state index in [1.807, 2.05) is 43.5 Å². The van der Waals surface area contributed by atoms with Gasteiger partial charge in [0.1, 0.15) is 0 Å². The lowest BCUT2D eigenvalue weighted by atomic mass is 9.97. The molecule has 0 fully saturated rings. The SMILES string of the molecule is C=CCn1c(SCc2noc(C(C)(C)C)n2)nnc1-c1ccncc1. The van der Waals surface area contributed by atoms with Crippen molar-refractivity contribution in [2.75, 3.05) is 0 Å². The molecule has 8 heteroatoms. The predicted molar refractivity (Wildman–Crippen MR) is 96.0 cm³/mol. The van der Waals surface area contributed by atoms with Gasteiger partial charge in [0.25, 0.3) is 0 Å². The highest BCUT2D eigenvalue weighted by Gasteiger charge is 2.22. The molecule has 3 rings (SSSR count). The fourth-order valence-corrected chi connectivity index (χ4v) is 2.94. The van der Waals surface area contributed by atoms with E-state index in [1.54, 1.807) is 12.4 Å². The summed E-state index contributed by atoms with van der Waals surface area (Å²) in [6, 6.07) is 3.82. The van der Waals surface area contributed by atoms with Crippen LogP contribution in [-0.4, -0.2) is 29.9 Å². The third kappa shape index (κ3) is 3.96. The van der Waals surface area contributed by atoms with Gasteiger partial charge in [0.2, 0.25) is 5.89 Å². The van der Waals surface area contributed by atoms with E-state index >= 15 is 0 Å². The normalized spacial score (nSPS) is 11.6. The molecule has 0 atom stereocenters. The summed E-state index contributed by atoms with van der Waals surface area (Å²) in [6.07, 6.45) is 5.30. The van der Waals surface area contributed by atoms with Crippen molar-refractivity contribution in [2.24, 2.45) is 0 Å². The van der Waals surface area contributed by atoms with Crippen LogP contribution in [0.15, 0.2) is 46.9 Å². The Balaban J connectivity index is 1.80. The maximum atomic E-state index is 5.33. The summed E-state index contributed by atoms with van der Waals surface area (Å²) in [5.74, 6) is 2.63. The zero-order valence-electron chi connectivity index (χ0n) is 14.5. The molecule has 0 spiro atoms. The Labute approximate surface area is 150 Å². The van der Waals surface area contributed by atoms with Gasteiger partial charge in [-0.1, -0.05) is 43.8 Å². The second-order valence-corrected chi connectivity index (χ2v) is 7.44. The summed E-state index contributed by atoms with van der Waals surface area (Å²) in [6.45, 7) is 10.6. The fourth-order valence-electron chi connectivity index (χ4n) is 2.15. The Morgan fingerprint density at radius 2 is 2.00 bits per heavy atom. The molecule has 0 N–H and O–H groups in total. The molecule has 0 saturated carbocycles. The van der Waals surface area contributed by atoms with Crippen molar-refractivity contribution >= 4 is 11.8 Å². The second kappa shape index (κ2) is 7.18. The molecule has 0 radical (unpaired) electrons. The van der Waals surface area contributed by atoms with Crippen LogP contribution >= 0.6 is 11.8 Å². The zero-order chi connectivity index (χ0) is 17.9. The number of rotatable bonds is 6. The van der Waals surface area contributed by atoms with Gasteiger partial charge in [0, 0.05) is 29.9 Å². The Morgan fingerprint density at radius 3 is 2.64 bits per heavy atom. The number of allylic oxidation sites excluding steroid dienone is 1. The minimum absolute atomic E-state index is 0.159.